The minimum atomic E-state index is 0.327. The number of halogens is 1. The number of aryl methyl sites for hydroxylation is 1. The van der Waals surface area contributed by atoms with Gasteiger partial charge in [0, 0.05) is 45.5 Å². The Hall–Kier alpha value is -1.37. The lowest BCUT2D eigenvalue weighted by molar-refractivity contribution is 0.177. The number of hydrogen-bond acceptors (Lipinski definition) is 4. The summed E-state index contributed by atoms with van der Waals surface area (Å²) in [6, 6.07) is 11.0. The van der Waals surface area contributed by atoms with Crippen LogP contribution in [0.15, 0.2) is 34.9 Å². The van der Waals surface area contributed by atoms with Crippen LogP contribution in [0.5, 0.6) is 0 Å². The van der Waals surface area contributed by atoms with E-state index in [9.17, 15) is 0 Å². The van der Waals surface area contributed by atoms with Crippen LogP contribution in [0.2, 0.25) is 0 Å². The smallest absolute Gasteiger partial charge is 0.129 e. The van der Waals surface area contributed by atoms with Crippen LogP contribution in [-0.2, 0) is 7.05 Å². The average Bonchev–Trinajstić information content (AvgIpc) is 2.86. The van der Waals surface area contributed by atoms with Gasteiger partial charge in [-0.2, -0.15) is 0 Å². The van der Waals surface area contributed by atoms with E-state index < -0.39 is 0 Å². The topological polar surface area (TPSA) is 36.3 Å². The number of para-hydroxylation sites is 1. The molecule has 0 bridgehead atoms. The van der Waals surface area contributed by atoms with E-state index in [1.807, 2.05) is 7.05 Å². The number of aromatic nitrogens is 2. The van der Waals surface area contributed by atoms with E-state index >= 15 is 0 Å². The molecule has 5 nitrogen and oxygen atoms in total. The summed E-state index contributed by atoms with van der Waals surface area (Å²) in [7, 11) is 4.12. The van der Waals surface area contributed by atoms with Crippen molar-refractivity contribution in [3.05, 3.63) is 46.5 Å². The van der Waals surface area contributed by atoms with Crippen LogP contribution < -0.4 is 10.2 Å². The zero-order valence-corrected chi connectivity index (χ0v) is 16.3. The van der Waals surface area contributed by atoms with Gasteiger partial charge in [-0.25, -0.2) is 4.98 Å². The van der Waals surface area contributed by atoms with Gasteiger partial charge in [0.15, 0.2) is 0 Å². The molecule has 1 aliphatic heterocycles. The van der Waals surface area contributed by atoms with Crippen molar-refractivity contribution in [3.63, 3.8) is 0 Å². The summed E-state index contributed by atoms with van der Waals surface area (Å²) in [5, 5.41) is 3.35. The summed E-state index contributed by atoms with van der Waals surface area (Å²) in [5.41, 5.74) is 2.58. The minimum Gasteiger partial charge on any atom is -0.369 e. The first-order valence-electron chi connectivity index (χ1n) is 8.49. The van der Waals surface area contributed by atoms with Gasteiger partial charge in [-0.3, -0.25) is 4.90 Å². The number of benzene rings is 1. The fourth-order valence-corrected chi connectivity index (χ4v) is 4.26. The molecule has 24 heavy (non-hydrogen) atoms. The molecule has 1 fully saturated rings. The van der Waals surface area contributed by atoms with E-state index in [-0.39, 0.29) is 0 Å². The highest BCUT2D eigenvalue weighted by molar-refractivity contribution is 9.10. The maximum absolute atomic E-state index is 4.59. The molecule has 1 N–H and O–H groups in total. The van der Waals surface area contributed by atoms with Crippen molar-refractivity contribution in [1.29, 1.82) is 0 Å². The predicted molar refractivity (Wildman–Crippen MR) is 103 cm³/mol. The van der Waals surface area contributed by atoms with Crippen LogP contribution in [0.25, 0.3) is 0 Å². The van der Waals surface area contributed by atoms with Gasteiger partial charge in [0.25, 0.3) is 0 Å². The molecule has 1 unspecified atom stereocenters. The Bertz CT molecular complexity index is 662. The zero-order chi connectivity index (χ0) is 17.1. The van der Waals surface area contributed by atoms with Crippen molar-refractivity contribution < 1.29 is 0 Å². The number of nitrogens with zero attached hydrogens (tertiary/aromatic N) is 4. The summed E-state index contributed by atoms with van der Waals surface area (Å²) in [4.78, 5) is 9.62. The number of hydrogen-bond donors (Lipinski definition) is 1. The highest BCUT2D eigenvalue weighted by Gasteiger charge is 2.29. The maximum Gasteiger partial charge on any atom is 0.129 e. The maximum atomic E-state index is 4.59. The second-order valence-corrected chi connectivity index (χ2v) is 7.08. The molecule has 1 aromatic heterocycles. The normalized spacial score (nSPS) is 17.2. The fourth-order valence-electron chi connectivity index (χ4n) is 3.47. The number of nitrogens with one attached hydrogen (secondary N) is 1. The first-order valence-corrected chi connectivity index (χ1v) is 9.28. The molecule has 0 spiro atoms. The van der Waals surface area contributed by atoms with Crippen LogP contribution >= 0.6 is 15.9 Å². The molecule has 1 aromatic carbocycles. The predicted octanol–water partition coefficient (Wildman–Crippen LogP) is 2.57. The van der Waals surface area contributed by atoms with Gasteiger partial charge in [0.1, 0.15) is 10.4 Å². The molecule has 2 aromatic rings. The van der Waals surface area contributed by atoms with E-state index in [0.29, 0.717) is 6.04 Å². The van der Waals surface area contributed by atoms with Gasteiger partial charge in [0.05, 0.1) is 11.7 Å². The first-order chi connectivity index (χ1) is 11.6. The van der Waals surface area contributed by atoms with E-state index in [1.165, 1.54) is 11.4 Å². The fraction of sp³-hybridized carbons (Fsp3) is 0.500. The number of likely N-dealkylation sites (N-methyl/N-ethyl adjacent to an activating group) is 1. The van der Waals surface area contributed by atoms with Gasteiger partial charge in [-0.1, -0.05) is 18.2 Å². The summed E-state index contributed by atoms with van der Waals surface area (Å²) in [5.74, 6) is 1.04. The molecule has 0 saturated carbocycles. The second kappa shape index (κ2) is 7.68. The second-order valence-electron chi connectivity index (χ2n) is 6.33. The van der Waals surface area contributed by atoms with Gasteiger partial charge in [0.2, 0.25) is 0 Å². The van der Waals surface area contributed by atoms with Gasteiger partial charge in [-0.05, 0) is 42.0 Å². The molecule has 1 atom stereocenters. The van der Waals surface area contributed by atoms with E-state index in [0.717, 1.165) is 43.2 Å². The molecule has 0 radical (unpaired) electrons. The van der Waals surface area contributed by atoms with Crippen LogP contribution in [0, 0.1) is 6.92 Å². The Labute approximate surface area is 152 Å². The molecule has 6 heteroatoms. The lowest BCUT2D eigenvalue weighted by Crippen LogP contribution is -2.49. The Morgan fingerprint density at radius 2 is 1.83 bits per heavy atom. The molecular formula is C18H26BrN5. The SMILES string of the molecule is CNCC(c1c(Br)nc(C)n1C)N1CCN(c2ccccc2)CC1. The number of anilines is 1. The molecule has 2 heterocycles. The summed E-state index contributed by atoms with van der Waals surface area (Å²) in [6.45, 7) is 7.19. The molecule has 1 aliphatic rings. The van der Waals surface area contributed by atoms with Crippen molar-refractivity contribution in [1.82, 2.24) is 19.8 Å². The molecule has 3 rings (SSSR count). The van der Waals surface area contributed by atoms with Crippen molar-refractivity contribution in [2.75, 3.05) is 44.7 Å². The first kappa shape index (κ1) is 17.5. The van der Waals surface area contributed by atoms with E-state index in [4.69, 9.17) is 0 Å². The minimum absolute atomic E-state index is 0.327. The summed E-state index contributed by atoms with van der Waals surface area (Å²) < 4.78 is 3.17. The quantitative estimate of drug-likeness (QED) is 0.849. The summed E-state index contributed by atoms with van der Waals surface area (Å²) in [6.07, 6.45) is 0. The van der Waals surface area contributed by atoms with Gasteiger partial charge in [-0.15, -0.1) is 0 Å². The highest BCUT2D eigenvalue weighted by atomic mass is 79.9. The zero-order valence-electron chi connectivity index (χ0n) is 14.7. The summed E-state index contributed by atoms with van der Waals surface area (Å²) >= 11 is 3.66. The van der Waals surface area contributed by atoms with Gasteiger partial charge >= 0.3 is 0 Å². The van der Waals surface area contributed by atoms with Crippen molar-refractivity contribution in [2.45, 2.75) is 13.0 Å². The third-order valence-electron chi connectivity index (χ3n) is 4.91. The number of imidazole rings is 1. The van der Waals surface area contributed by atoms with Gasteiger partial charge < -0.3 is 14.8 Å². The monoisotopic (exact) mass is 391 g/mol. The van der Waals surface area contributed by atoms with Crippen LogP contribution in [0.4, 0.5) is 5.69 Å². The van der Waals surface area contributed by atoms with E-state index in [1.54, 1.807) is 0 Å². The Balaban J connectivity index is 1.74. The highest BCUT2D eigenvalue weighted by Crippen LogP contribution is 2.29. The molecule has 0 aliphatic carbocycles. The molecule has 0 amide bonds. The van der Waals surface area contributed by atoms with Crippen molar-refractivity contribution in [2.24, 2.45) is 7.05 Å². The molecule has 130 valence electrons. The lowest BCUT2D eigenvalue weighted by atomic mass is 10.1. The molecule has 1 saturated heterocycles. The third-order valence-corrected chi connectivity index (χ3v) is 5.49. The largest absolute Gasteiger partial charge is 0.369 e. The van der Waals surface area contributed by atoms with Crippen LogP contribution in [-0.4, -0.2) is 54.2 Å². The average molecular weight is 392 g/mol. The van der Waals surface area contributed by atoms with Crippen LogP contribution in [0.3, 0.4) is 0 Å². The Morgan fingerprint density at radius 3 is 2.38 bits per heavy atom. The number of piperazine rings is 1. The lowest BCUT2D eigenvalue weighted by Gasteiger charge is -2.40. The number of rotatable bonds is 5. The van der Waals surface area contributed by atoms with Crippen molar-refractivity contribution in [3.8, 4) is 0 Å². The van der Waals surface area contributed by atoms with Crippen LogP contribution in [0.1, 0.15) is 17.6 Å². The molecular weight excluding hydrogens is 366 g/mol. The Morgan fingerprint density at radius 1 is 1.17 bits per heavy atom. The third kappa shape index (κ3) is 3.50. The Kier molecular flexibility index (Phi) is 5.58. The van der Waals surface area contributed by atoms with E-state index in [2.05, 4.69) is 84.9 Å². The standard InChI is InChI=1S/C18H26BrN5/c1-14-21-18(19)17(22(14)3)16(13-20-2)24-11-9-23(10-12-24)15-7-5-4-6-8-15/h4-8,16,20H,9-13H2,1-3H3. The van der Waals surface area contributed by atoms with Crippen molar-refractivity contribution >= 4 is 21.6 Å².